The van der Waals surface area contributed by atoms with Crippen LogP contribution in [-0.2, 0) is 6.42 Å². The van der Waals surface area contributed by atoms with Crippen LogP contribution in [0.2, 0.25) is 0 Å². The van der Waals surface area contributed by atoms with Gasteiger partial charge < -0.3 is 4.74 Å². The van der Waals surface area contributed by atoms with Crippen molar-refractivity contribution in [2.45, 2.75) is 45.4 Å². The molecule has 3 rings (SSSR count). The zero-order valence-corrected chi connectivity index (χ0v) is 16.6. The quantitative estimate of drug-likeness (QED) is 0.420. The molecule has 3 aromatic rings. The second-order valence-corrected chi connectivity index (χ2v) is 7.12. The Balaban J connectivity index is 1.68. The Morgan fingerprint density at radius 1 is 0.852 bits per heavy atom. The highest BCUT2D eigenvalue weighted by Crippen LogP contribution is 2.27. The van der Waals surface area contributed by atoms with Crippen LogP contribution in [0.4, 0.5) is 0 Å². The Hall–Kier alpha value is -2.61. The molecule has 0 saturated carbocycles. The van der Waals surface area contributed by atoms with Crippen LogP contribution in [0, 0.1) is 0 Å². The second-order valence-electron chi connectivity index (χ2n) is 7.12. The van der Waals surface area contributed by atoms with Gasteiger partial charge in [-0.2, -0.15) is 0 Å². The summed E-state index contributed by atoms with van der Waals surface area (Å²) in [4.78, 5) is 4.72. The van der Waals surface area contributed by atoms with Crippen LogP contribution < -0.4 is 4.74 Å². The van der Waals surface area contributed by atoms with E-state index >= 15 is 0 Å². The van der Waals surface area contributed by atoms with Gasteiger partial charge in [0.15, 0.2) is 0 Å². The number of pyridine rings is 1. The molecule has 27 heavy (non-hydrogen) atoms. The fourth-order valence-electron chi connectivity index (χ4n) is 3.34. The third-order valence-electron chi connectivity index (χ3n) is 5.19. The Morgan fingerprint density at radius 3 is 2.07 bits per heavy atom. The number of aromatic nitrogens is 1. The van der Waals surface area contributed by atoms with Gasteiger partial charge in [0, 0.05) is 17.8 Å². The maximum absolute atomic E-state index is 5.23. The average Bonchev–Trinajstić information content (AvgIpc) is 2.74. The van der Waals surface area contributed by atoms with Crippen LogP contribution in [0.3, 0.4) is 0 Å². The first-order chi connectivity index (χ1) is 13.2. The van der Waals surface area contributed by atoms with Gasteiger partial charge in [-0.05, 0) is 53.3 Å². The molecule has 140 valence electrons. The van der Waals surface area contributed by atoms with Crippen molar-refractivity contribution < 1.29 is 4.74 Å². The van der Waals surface area contributed by atoms with Crippen LogP contribution in [0.15, 0.2) is 66.9 Å². The summed E-state index contributed by atoms with van der Waals surface area (Å²) in [5.41, 5.74) is 6.18. The molecule has 0 N–H and O–H groups in total. The van der Waals surface area contributed by atoms with Gasteiger partial charge in [0.1, 0.15) is 5.75 Å². The summed E-state index contributed by atoms with van der Waals surface area (Å²) >= 11 is 0. The topological polar surface area (TPSA) is 22.1 Å². The van der Waals surface area contributed by atoms with Crippen molar-refractivity contribution in [3.05, 3.63) is 83.7 Å². The highest BCUT2D eigenvalue weighted by Gasteiger charge is 2.10. The monoisotopic (exact) mass is 359 g/mol. The molecule has 1 unspecified atom stereocenters. The van der Waals surface area contributed by atoms with Gasteiger partial charge in [-0.3, -0.25) is 4.98 Å². The van der Waals surface area contributed by atoms with Gasteiger partial charge in [-0.25, -0.2) is 0 Å². The molecule has 0 aliphatic heterocycles. The van der Waals surface area contributed by atoms with E-state index < -0.39 is 0 Å². The van der Waals surface area contributed by atoms with Crippen LogP contribution in [0.5, 0.6) is 5.75 Å². The second kappa shape index (κ2) is 9.36. The lowest BCUT2D eigenvalue weighted by Crippen LogP contribution is -2.00. The third kappa shape index (κ3) is 4.97. The molecule has 2 nitrogen and oxygen atoms in total. The minimum absolute atomic E-state index is 0.291. The van der Waals surface area contributed by atoms with E-state index in [1.54, 1.807) is 7.11 Å². The molecular weight excluding hydrogens is 330 g/mol. The molecule has 2 aromatic carbocycles. The number of unbranched alkanes of at least 4 members (excludes halogenated alkanes) is 2. The molecule has 1 aromatic heterocycles. The summed E-state index contributed by atoms with van der Waals surface area (Å²) in [6, 6.07) is 21.4. The Labute approximate surface area is 163 Å². The number of hydrogen-bond donors (Lipinski definition) is 0. The lowest BCUT2D eigenvalue weighted by atomic mass is 9.94. The number of benzene rings is 2. The summed E-state index contributed by atoms with van der Waals surface area (Å²) in [5, 5.41) is 0. The van der Waals surface area contributed by atoms with Crippen molar-refractivity contribution in [2.75, 3.05) is 7.11 Å². The SMILES string of the molecule is CCCCCc1ccc(C(C)c2ccc(-c3ccc(OC)cc3)cc2)nc1. The molecule has 2 heteroatoms. The largest absolute Gasteiger partial charge is 0.497 e. The molecule has 0 aliphatic rings. The van der Waals surface area contributed by atoms with Gasteiger partial charge >= 0.3 is 0 Å². The van der Waals surface area contributed by atoms with E-state index in [1.165, 1.54) is 41.5 Å². The van der Waals surface area contributed by atoms with Gasteiger partial charge in [-0.1, -0.05) is 69.2 Å². The predicted octanol–water partition coefficient (Wildman–Crippen LogP) is 6.64. The van der Waals surface area contributed by atoms with E-state index in [0.717, 1.165) is 17.9 Å². The minimum Gasteiger partial charge on any atom is -0.497 e. The molecule has 0 spiro atoms. The van der Waals surface area contributed by atoms with E-state index in [0.29, 0.717) is 5.92 Å². The normalized spacial score (nSPS) is 12.0. The number of aryl methyl sites for hydroxylation is 1. The predicted molar refractivity (Wildman–Crippen MR) is 113 cm³/mol. The Bertz CT molecular complexity index is 820. The molecule has 0 aliphatic carbocycles. The van der Waals surface area contributed by atoms with E-state index in [1.807, 2.05) is 18.3 Å². The highest BCUT2D eigenvalue weighted by atomic mass is 16.5. The molecular formula is C25H29NO. The highest BCUT2D eigenvalue weighted by molar-refractivity contribution is 5.64. The zero-order chi connectivity index (χ0) is 19.1. The molecule has 1 heterocycles. The maximum Gasteiger partial charge on any atom is 0.118 e. The van der Waals surface area contributed by atoms with Crippen molar-refractivity contribution in [1.29, 1.82) is 0 Å². The van der Waals surface area contributed by atoms with Gasteiger partial charge in [0.2, 0.25) is 0 Å². The number of rotatable bonds is 8. The van der Waals surface area contributed by atoms with Crippen LogP contribution in [0.25, 0.3) is 11.1 Å². The Morgan fingerprint density at radius 2 is 1.52 bits per heavy atom. The first kappa shape index (κ1) is 19.2. The first-order valence-corrected chi connectivity index (χ1v) is 9.90. The molecule has 0 saturated heterocycles. The maximum atomic E-state index is 5.23. The van der Waals surface area contributed by atoms with Crippen LogP contribution in [0.1, 0.15) is 55.8 Å². The lowest BCUT2D eigenvalue weighted by molar-refractivity contribution is 0.415. The summed E-state index contributed by atoms with van der Waals surface area (Å²) in [7, 11) is 1.69. The van der Waals surface area contributed by atoms with E-state index in [4.69, 9.17) is 9.72 Å². The summed E-state index contributed by atoms with van der Waals surface area (Å²) in [5.74, 6) is 1.17. The molecule has 0 amide bonds. The first-order valence-electron chi connectivity index (χ1n) is 9.90. The number of nitrogens with zero attached hydrogens (tertiary/aromatic N) is 1. The third-order valence-corrected chi connectivity index (χ3v) is 5.19. The molecule has 0 bridgehead atoms. The lowest BCUT2D eigenvalue weighted by Gasteiger charge is -2.13. The number of hydrogen-bond acceptors (Lipinski definition) is 2. The standard InChI is InChI=1S/C25H29NO/c1-4-5-6-7-20-8-17-25(26-18-20)19(2)21-9-11-22(12-10-21)23-13-15-24(27-3)16-14-23/h8-19H,4-7H2,1-3H3. The van der Waals surface area contributed by atoms with Crippen molar-refractivity contribution in [3.8, 4) is 16.9 Å². The molecule has 0 fully saturated rings. The van der Waals surface area contributed by atoms with Crippen LogP contribution >= 0.6 is 0 Å². The van der Waals surface area contributed by atoms with Crippen molar-refractivity contribution in [3.63, 3.8) is 0 Å². The van der Waals surface area contributed by atoms with E-state index in [2.05, 4.69) is 62.4 Å². The average molecular weight is 360 g/mol. The fraction of sp³-hybridized carbons (Fsp3) is 0.320. The van der Waals surface area contributed by atoms with Crippen molar-refractivity contribution in [2.24, 2.45) is 0 Å². The van der Waals surface area contributed by atoms with E-state index in [9.17, 15) is 0 Å². The molecule has 1 atom stereocenters. The van der Waals surface area contributed by atoms with Gasteiger partial charge in [0.05, 0.1) is 7.11 Å². The summed E-state index contributed by atoms with van der Waals surface area (Å²) in [6.07, 6.45) is 6.98. The van der Waals surface area contributed by atoms with Crippen molar-refractivity contribution >= 4 is 0 Å². The van der Waals surface area contributed by atoms with Crippen molar-refractivity contribution in [1.82, 2.24) is 4.98 Å². The summed E-state index contributed by atoms with van der Waals surface area (Å²) < 4.78 is 5.23. The zero-order valence-electron chi connectivity index (χ0n) is 16.6. The fourth-order valence-corrected chi connectivity index (χ4v) is 3.34. The van der Waals surface area contributed by atoms with Gasteiger partial charge in [-0.15, -0.1) is 0 Å². The Kier molecular flexibility index (Phi) is 6.64. The molecule has 0 radical (unpaired) electrons. The van der Waals surface area contributed by atoms with Gasteiger partial charge in [0.25, 0.3) is 0 Å². The number of methoxy groups -OCH3 is 1. The summed E-state index contributed by atoms with van der Waals surface area (Å²) in [6.45, 7) is 4.46. The smallest absolute Gasteiger partial charge is 0.118 e. The minimum atomic E-state index is 0.291. The van der Waals surface area contributed by atoms with Crippen LogP contribution in [-0.4, -0.2) is 12.1 Å². The number of ether oxygens (including phenoxy) is 1. The van der Waals surface area contributed by atoms with E-state index in [-0.39, 0.29) is 0 Å².